The Morgan fingerprint density at radius 3 is 2.57 bits per heavy atom. The van der Waals surface area contributed by atoms with Crippen LogP contribution in [0.25, 0.3) is 10.8 Å². The smallest absolute Gasteiger partial charge is 0.338 e. The number of rotatable bonds is 7. The quantitative estimate of drug-likeness (QED) is 0.591. The van der Waals surface area contributed by atoms with E-state index in [9.17, 15) is 13.6 Å². The van der Waals surface area contributed by atoms with E-state index in [4.69, 9.17) is 14.1 Å². The first-order chi connectivity index (χ1) is 10.9. The van der Waals surface area contributed by atoms with Crippen LogP contribution in [0, 0.1) is 0 Å². The number of carboxylic acids is 1. The molecule has 0 aliphatic rings. The van der Waals surface area contributed by atoms with E-state index in [0.29, 0.717) is 10.8 Å². The normalized spacial score (nSPS) is 13.0. The summed E-state index contributed by atoms with van der Waals surface area (Å²) in [7, 11) is -1.28. The lowest BCUT2D eigenvalue weighted by Crippen LogP contribution is -2.15. The van der Waals surface area contributed by atoms with Gasteiger partial charge < -0.3 is 14.1 Å². The average molecular weight is 339 g/mol. The standard InChI is InChI=1S/C15H15BF2O4P/c1-3-21-23(22-16-2)15(17,18)13-7-6-10-4-5-11(14(19)20)8-12(10)9-13/h4-9H,3H2,1-2H3,(H,19,20). The molecule has 0 heterocycles. The fourth-order valence-electron chi connectivity index (χ4n) is 2.06. The lowest BCUT2D eigenvalue weighted by molar-refractivity contribution is 0.0679. The van der Waals surface area contributed by atoms with Gasteiger partial charge >= 0.3 is 11.6 Å². The molecule has 2 rings (SSSR count). The lowest BCUT2D eigenvalue weighted by Gasteiger charge is -2.25. The van der Waals surface area contributed by atoms with Gasteiger partial charge in [0.05, 0.1) is 12.2 Å². The van der Waals surface area contributed by atoms with Gasteiger partial charge in [0.15, 0.2) is 0 Å². The van der Waals surface area contributed by atoms with Gasteiger partial charge in [0, 0.05) is 5.56 Å². The largest absolute Gasteiger partial charge is 0.478 e. The Kier molecular flexibility index (Phi) is 5.68. The molecule has 0 saturated heterocycles. The van der Waals surface area contributed by atoms with Gasteiger partial charge in [-0.1, -0.05) is 25.0 Å². The highest BCUT2D eigenvalue weighted by molar-refractivity contribution is 7.49. The summed E-state index contributed by atoms with van der Waals surface area (Å²) in [5.74, 6) is -1.11. The molecule has 0 fully saturated rings. The van der Waals surface area contributed by atoms with E-state index in [2.05, 4.69) is 0 Å². The van der Waals surface area contributed by atoms with Crippen LogP contribution in [0.2, 0.25) is 6.82 Å². The molecule has 1 unspecified atom stereocenters. The van der Waals surface area contributed by atoms with E-state index in [1.807, 2.05) is 0 Å². The fraction of sp³-hybridized carbons (Fsp3) is 0.267. The highest BCUT2D eigenvalue weighted by Gasteiger charge is 2.44. The van der Waals surface area contributed by atoms with E-state index in [1.54, 1.807) is 13.0 Å². The molecule has 1 atom stereocenters. The van der Waals surface area contributed by atoms with Gasteiger partial charge in [0.25, 0.3) is 7.48 Å². The summed E-state index contributed by atoms with van der Waals surface area (Å²) in [5.41, 5.74) is -3.54. The number of carboxylic acid groups (broad SMARTS) is 1. The van der Waals surface area contributed by atoms with Crippen molar-refractivity contribution in [3.63, 3.8) is 0 Å². The van der Waals surface area contributed by atoms with Crippen LogP contribution >= 0.6 is 8.38 Å². The first-order valence-electron chi connectivity index (χ1n) is 6.93. The number of carbonyl (C=O) groups is 1. The molecule has 121 valence electrons. The summed E-state index contributed by atoms with van der Waals surface area (Å²) < 4.78 is 39.2. The fourth-order valence-corrected chi connectivity index (χ4v) is 3.19. The number of halogens is 2. The second-order valence-corrected chi connectivity index (χ2v) is 6.18. The van der Waals surface area contributed by atoms with Crippen LogP contribution in [0.5, 0.6) is 0 Å². The number of hydrogen-bond acceptors (Lipinski definition) is 3. The topological polar surface area (TPSA) is 55.8 Å². The maximum atomic E-state index is 14.6. The lowest BCUT2D eigenvalue weighted by atomic mass is 10.0. The minimum Gasteiger partial charge on any atom is -0.478 e. The van der Waals surface area contributed by atoms with Crippen LogP contribution in [0.1, 0.15) is 22.8 Å². The number of hydrogen-bond donors (Lipinski definition) is 1. The third kappa shape index (κ3) is 3.86. The molecule has 1 radical (unpaired) electrons. The first kappa shape index (κ1) is 17.8. The third-order valence-electron chi connectivity index (χ3n) is 3.11. The predicted molar refractivity (Wildman–Crippen MR) is 86.1 cm³/mol. The summed E-state index contributed by atoms with van der Waals surface area (Å²) in [5, 5.41) is 10.1. The van der Waals surface area contributed by atoms with Crippen molar-refractivity contribution >= 4 is 32.6 Å². The Morgan fingerprint density at radius 2 is 1.96 bits per heavy atom. The summed E-state index contributed by atoms with van der Waals surface area (Å²) >= 11 is 0. The van der Waals surface area contributed by atoms with Crippen molar-refractivity contribution in [3.05, 3.63) is 47.5 Å². The van der Waals surface area contributed by atoms with Gasteiger partial charge in [-0.05, 0) is 35.9 Å². The molecular formula is C15H15BF2O4P. The molecule has 4 nitrogen and oxygen atoms in total. The molecule has 23 heavy (non-hydrogen) atoms. The van der Waals surface area contributed by atoms with E-state index in [1.165, 1.54) is 44.6 Å². The van der Waals surface area contributed by atoms with E-state index < -0.39 is 20.0 Å². The first-order valence-corrected chi connectivity index (χ1v) is 8.11. The molecule has 1 N–H and O–H groups in total. The Bertz CT molecular complexity index is 705. The van der Waals surface area contributed by atoms with Crippen LogP contribution < -0.4 is 0 Å². The van der Waals surface area contributed by atoms with Crippen LogP contribution in [-0.2, 0) is 14.6 Å². The monoisotopic (exact) mass is 339 g/mol. The van der Waals surface area contributed by atoms with Crippen LogP contribution in [0.4, 0.5) is 8.78 Å². The number of benzene rings is 2. The van der Waals surface area contributed by atoms with Crippen molar-refractivity contribution in [2.45, 2.75) is 19.4 Å². The minimum absolute atomic E-state index is 0.0446. The van der Waals surface area contributed by atoms with E-state index in [0.717, 1.165) is 0 Å². The molecule has 0 aromatic heterocycles. The third-order valence-corrected chi connectivity index (χ3v) is 4.72. The number of fused-ring (bicyclic) bond motifs is 1. The molecule has 2 aromatic carbocycles. The van der Waals surface area contributed by atoms with Crippen LogP contribution in [0.3, 0.4) is 0 Å². The molecular weight excluding hydrogens is 324 g/mol. The zero-order valence-corrected chi connectivity index (χ0v) is 13.5. The molecule has 8 heteroatoms. The molecule has 0 aliphatic carbocycles. The van der Waals surface area contributed by atoms with Crippen LogP contribution in [0.15, 0.2) is 36.4 Å². The molecule has 0 saturated carbocycles. The Balaban J connectivity index is 2.46. The zero-order chi connectivity index (χ0) is 17.0. The Hall–Kier alpha value is -1.56. The Labute approximate surface area is 134 Å². The number of aromatic carboxylic acids is 1. The summed E-state index contributed by atoms with van der Waals surface area (Å²) in [4.78, 5) is 11.0. The van der Waals surface area contributed by atoms with Crippen molar-refractivity contribution in [2.75, 3.05) is 6.61 Å². The number of alkyl halides is 2. The van der Waals surface area contributed by atoms with Gasteiger partial charge in [-0.15, -0.1) is 0 Å². The van der Waals surface area contributed by atoms with Crippen molar-refractivity contribution < 1.29 is 27.6 Å². The van der Waals surface area contributed by atoms with E-state index in [-0.39, 0.29) is 17.7 Å². The van der Waals surface area contributed by atoms with Gasteiger partial charge in [-0.2, -0.15) is 8.78 Å². The summed E-state index contributed by atoms with van der Waals surface area (Å²) in [6.45, 7) is 3.22. The molecule has 0 aliphatic heterocycles. The summed E-state index contributed by atoms with van der Waals surface area (Å²) in [6, 6.07) is 8.49. The molecule has 0 amide bonds. The highest BCUT2D eigenvalue weighted by atomic mass is 31.2. The van der Waals surface area contributed by atoms with Gasteiger partial charge in [0.2, 0.25) is 8.38 Å². The van der Waals surface area contributed by atoms with Crippen LogP contribution in [-0.4, -0.2) is 25.2 Å². The predicted octanol–water partition coefficient (Wildman–Crippen LogP) is 4.62. The highest BCUT2D eigenvalue weighted by Crippen LogP contribution is 2.59. The molecule has 0 bridgehead atoms. The summed E-state index contributed by atoms with van der Waals surface area (Å²) in [6.07, 6.45) is 0. The minimum atomic E-state index is -3.31. The SMILES string of the molecule is C[B]OP(OCC)C(F)(F)c1ccc2ccc(C(=O)O)cc2c1. The Morgan fingerprint density at radius 1 is 1.26 bits per heavy atom. The van der Waals surface area contributed by atoms with Gasteiger partial charge in [-0.3, -0.25) is 0 Å². The van der Waals surface area contributed by atoms with Crippen molar-refractivity contribution in [1.29, 1.82) is 0 Å². The van der Waals surface area contributed by atoms with Crippen molar-refractivity contribution in [1.82, 2.24) is 0 Å². The van der Waals surface area contributed by atoms with Crippen molar-refractivity contribution in [2.24, 2.45) is 0 Å². The van der Waals surface area contributed by atoms with Crippen molar-refractivity contribution in [3.8, 4) is 0 Å². The average Bonchev–Trinajstić information content (AvgIpc) is 2.53. The van der Waals surface area contributed by atoms with E-state index >= 15 is 0 Å². The maximum Gasteiger partial charge on any atom is 0.338 e. The maximum absolute atomic E-state index is 14.6. The molecule has 0 spiro atoms. The zero-order valence-electron chi connectivity index (χ0n) is 12.6. The second kappa shape index (κ2) is 7.34. The second-order valence-electron chi connectivity index (χ2n) is 4.64. The van der Waals surface area contributed by atoms with Gasteiger partial charge in [0.1, 0.15) is 0 Å². The molecule has 2 aromatic rings. The van der Waals surface area contributed by atoms with Gasteiger partial charge in [-0.25, -0.2) is 4.79 Å².